The van der Waals surface area contributed by atoms with Crippen molar-refractivity contribution in [2.75, 3.05) is 20.2 Å². The van der Waals surface area contributed by atoms with Crippen LogP contribution in [0.4, 0.5) is 0 Å². The maximum absolute atomic E-state index is 5.70. The number of nitrogens with zero attached hydrogens (tertiary/aromatic N) is 1. The number of furan rings is 1. The molecule has 0 aliphatic carbocycles. The summed E-state index contributed by atoms with van der Waals surface area (Å²) in [7, 11) is 1.80. The number of ether oxygens (including phenoxy) is 1. The van der Waals surface area contributed by atoms with Gasteiger partial charge < -0.3 is 9.15 Å². The van der Waals surface area contributed by atoms with E-state index in [0.29, 0.717) is 6.10 Å². The molecule has 2 heterocycles. The average molecular weight is 271 g/mol. The maximum atomic E-state index is 5.70. The van der Waals surface area contributed by atoms with Crippen LogP contribution < -0.4 is 0 Å². The third-order valence-electron chi connectivity index (χ3n) is 3.92. The molecule has 0 unspecified atom stereocenters. The Bertz CT molecular complexity index is 576. The minimum Gasteiger partial charge on any atom is -0.461 e. The van der Waals surface area contributed by atoms with Crippen molar-refractivity contribution in [3.05, 3.63) is 47.7 Å². The smallest absolute Gasteiger partial charge is 0.134 e. The predicted molar refractivity (Wildman–Crippen MR) is 79.6 cm³/mol. The number of methoxy groups -OCH3 is 1. The molecule has 1 aliphatic heterocycles. The molecule has 1 atom stereocenters. The van der Waals surface area contributed by atoms with Gasteiger partial charge >= 0.3 is 0 Å². The van der Waals surface area contributed by atoms with Crippen LogP contribution in [0.15, 0.2) is 40.8 Å². The molecule has 0 radical (unpaired) electrons. The van der Waals surface area contributed by atoms with E-state index in [2.05, 4.69) is 29.2 Å². The number of benzene rings is 1. The molecule has 0 saturated carbocycles. The molecule has 0 amide bonds. The first-order valence-corrected chi connectivity index (χ1v) is 7.15. The van der Waals surface area contributed by atoms with Crippen molar-refractivity contribution in [3.8, 4) is 11.3 Å². The third-order valence-corrected chi connectivity index (χ3v) is 3.92. The molecule has 0 bridgehead atoms. The van der Waals surface area contributed by atoms with E-state index in [1.807, 2.05) is 19.1 Å². The Morgan fingerprint density at radius 1 is 1.30 bits per heavy atom. The molecule has 1 fully saturated rings. The van der Waals surface area contributed by atoms with Crippen LogP contribution in [0.1, 0.15) is 17.7 Å². The van der Waals surface area contributed by atoms with Crippen molar-refractivity contribution < 1.29 is 9.15 Å². The molecule has 106 valence electrons. The van der Waals surface area contributed by atoms with Crippen molar-refractivity contribution >= 4 is 0 Å². The van der Waals surface area contributed by atoms with Crippen LogP contribution >= 0.6 is 0 Å². The van der Waals surface area contributed by atoms with Gasteiger partial charge in [0.05, 0.1) is 6.10 Å². The highest BCUT2D eigenvalue weighted by Crippen LogP contribution is 2.24. The molecule has 0 spiro atoms. The van der Waals surface area contributed by atoms with E-state index in [0.717, 1.165) is 43.1 Å². The second-order valence-electron chi connectivity index (χ2n) is 5.49. The quantitative estimate of drug-likeness (QED) is 0.851. The zero-order valence-electron chi connectivity index (χ0n) is 12.1. The van der Waals surface area contributed by atoms with Gasteiger partial charge in [0.2, 0.25) is 0 Å². The lowest BCUT2D eigenvalue weighted by atomic mass is 10.1. The third kappa shape index (κ3) is 2.94. The van der Waals surface area contributed by atoms with Crippen LogP contribution in [-0.4, -0.2) is 31.2 Å². The van der Waals surface area contributed by atoms with Gasteiger partial charge in [0.15, 0.2) is 0 Å². The second-order valence-corrected chi connectivity index (χ2v) is 5.49. The molecule has 3 nitrogen and oxygen atoms in total. The van der Waals surface area contributed by atoms with E-state index in [1.54, 1.807) is 7.11 Å². The Hall–Kier alpha value is -1.58. The molecule has 1 saturated heterocycles. The number of hydrogen-bond donors (Lipinski definition) is 0. The van der Waals surface area contributed by atoms with E-state index in [4.69, 9.17) is 9.15 Å². The first-order valence-electron chi connectivity index (χ1n) is 7.15. The second kappa shape index (κ2) is 5.81. The normalized spacial score (nSPS) is 19.6. The topological polar surface area (TPSA) is 25.6 Å². The number of aryl methyl sites for hydroxylation is 1. The summed E-state index contributed by atoms with van der Waals surface area (Å²) in [6, 6.07) is 12.6. The minimum atomic E-state index is 0.394. The highest BCUT2D eigenvalue weighted by Gasteiger charge is 2.21. The van der Waals surface area contributed by atoms with Crippen molar-refractivity contribution in [1.82, 2.24) is 4.90 Å². The molecule has 3 heteroatoms. The van der Waals surface area contributed by atoms with Gasteiger partial charge in [0, 0.05) is 32.3 Å². The fraction of sp³-hybridized carbons (Fsp3) is 0.412. The summed E-state index contributed by atoms with van der Waals surface area (Å²) in [5.74, 6) is 1.90. The maximum Gasteiger partial charge on any atom is 0.134 e. The van der Waals surface area contributed by atoms with Gasteiger partial charge in [-0.15, -0.1) is 0 Å². The molecular weight excluding hydrogens is 250 g/mol. The Balaban J connectivity index is 1.72. The SMILES string of the molecule is CO[C@H]1CCN(Cc2cccc(-c3ccc(C)o3)c2)C1. The standard InChI is InChI=1S/C17H21NO2/c1-13-6-7-17(20-13)15-5-3-4-14(10-15)11-18-9-8-16(12-18)19-2/h3-7,10,16H,8-9,11-12H2,1-2H3/t16-/m0/s1. The highest BCUT2D eigenvalue weighted by molar-refractivity contribution is 5.58. The van der Waals surface area contributed by atoms with Crippen LogP contribution in [0.3, 0.4) is 0 Å². The summed E-state index contributed by atoms with van der Waals surface area (Å²) in [5, 5.41) is 0. The molecule has 1 aliphatic rings. The summed E-state index contributed by atoms with van der Waals surface area (Å²) < 4.78 is 11.1. The van der Waals surface area contributed by atoms with Crippen molar-refractivity contribution in [3.63, 3.8) is 0 Å². The van der Waals surface area contributed by atoms with E-state index in [1.165, 1.54) is 5.56 Å². The molecule has 2 aromatic rings. The Labute approximate surface area is 120 Å². The van der Waals surface area contributed by atoms with Gasteiger partial charge in [-0.05, 0) is 37.1 Å². The van der Waals surface area contributed by atoms with Gasteiger partial charge in [0.1, 0.15) is 11.5 Å². The average Bonchev–Trinajstić information content (AvgIpc) is 3.08. The van der Waals surface area contributed by atoms with Gasteiger partial charge in [-0.1, -0.05) is 18.2 Å². The molecule has 1 aromatic carbocycles. The van der Waals surface area contributed by atoms with Crippen LogP contribution in [0, 0.1) is 6.92 Å². The molecule has 3 rings (SSSR count). The fourth-order valence-corrected chi connectivity index (χ4v) is 2.80. The molecular formula is C17H21NO2. The van der Waals surface area contributed by atoms with E-state index >= 15 is 0 Å². The van der Waals surface area contributed by atoms with Crippen LogP contribution in [0.25, 0.3) is 11.3 Å². The zero-order chi connectivity index (χ0) is 13.9. The van der Waals surface area contributed by atoms with E-state index < -0.39 is 0 Å². The first kappa shape index (κ1) is 13.4. The van der Waals surface area contributed by atoms with Crippen molar-refractivity contribution in [2.45, 2.75) is 26.0 Å². The van der Waals surface area contributed by atoms with Crippen molar-refractivity contribution in [1.29, 1.82) is 0 Å². The molecule has 1 aromatic heterocycles. The molecule has 0 N–H and O–H groups in total. The summed E-state index contributed by atoms with van der Waals surface area (Å²) in [5.41, 5.74) is 2.48. The summed E-state index contributed by atoms with van der Waals surface area (Å²) in [4.78, 5) is 2.45. The lowest BCUT2D eigenvalue weighted by Crippen LogP contribution is -2.22. The number of hydrogen-bond acceptors (Lipinski definition) is 3. The number of rotatable bonds is 4. The monoisotopic (exact) mass is 271 g/mol. The van der Waals surface area contributed by atoms with Crippen LogP contribution in [0.5, 0.6) is 0 Å². The lowest BCUT2D eigenvalue weighted by molar-refractivity contribution is 0.107. The van der Waals surface area contributed by atoms with Gasteiger partial charge in [-0.25, -0.2) is 0 Å². The van der Waals surface area contributed by atoms with Gasteiger partial charge in [-0.2, -0.15) is 0 Å². The summed E-state index contributed by atoms with van der Waals surface area (Å²) in [6.07, 6.45) is 1.53. The highest BCUT2D eigenvalue weighted by atomic mass is 16.5. The largest absolute Gasteiger partial charge is 0.461 e. The Kier molecular flexibility index (Phi) is 3.90. The summed E-state index contributed by atoms with van der Waals surface area (Å²) in [6.45, 7) is 5.10. The number of likely N-dealkylation sites (tertiary alicyclic amines) is 1. The molecule has 20 heavy (non-hydrogen) atoms. The van der Waals surface area contributed by atoms with Gasteiger partial charge in [-0.3, -0.25) is 4.90 Å². The zero-order valence-corrected chi connectivity index (χ0v) is 12.1. The van der Waals surface area contributed by atoms with E-state index in [-0.39, 0.29) is 0 Å². The van der Waals surface area contributed by atoms with Gasteiger partial charge in [0.25, 0.3) is 0 Å². The summed E-state index contributed by atoms with van der Waals surface area (Å²) >= 11 is 0. The van der Waals surface area contributed by atoms with E-state index in [9.17, 15) is 0 Å². The lowest BCUT2D eigenvalue weighted by Gasteiger charge is -2.16. The Morgan fingerprint density at radius 3 is 2.90 bits per heavy atom. The van der Waals surface area contributed by atoms with Crippen LogP contribution in [-0.2, 0) is 11.3 Å². The first-order chi connectivity index (χ1) is 9.74. The predicted octanol–water partition coefficient (Wildman–Crippen LogP) is 3.48. The Morgan fingerprint density at radius 2 is 2.20 bits per heavy atom. The van der Waals surface area contributed by atoms with Crippen molar-refractivity contribution in [2.24, 2.45) is 0 Å². The van der Waals surface area contributed by atoms with Crippen LogP contribution in [0.2, 0.25) is 0 Å². The fourth-order valence-electron chi connectivity index (χ4n) is 2.80. The minimum absolute atomic E-state index is 0.394.